The molecule has 1 aromatic carbocycles. The van der Waals surface area contributed by atoms with Crippen LogP contribution in [0.4, 0.5) is 0 Å². The molecule has 0 bridgehead atoms. The van der Waals surface area contributed by atoms with Crippen LogP contribution in [-0.2, 0) is 27.2 Å². The minimum atomic E-state index is -2.52. The first-order valence-corrected chi connectivity index (χ1v) is 9.43. The standard InChI is InChI=1S/C21H21NO7/c1-2-8-3-4-12(23)15-11(8)6-9-5-10-7-13(24)16(20(22)28)19(27)21(10,29)18(26)14(9)17(15)25/h3-4,9-10,23,25,27,29H,2,5-7H2,1H3,(H2,22,28)/t9-,10+,21+/m1/s1. The Bertz CT molecular complexity index is 1050. The second-order valence-corrected chi connectivity index (χ2v) is 7.86. The molecule has 0 saturated heterocycles. The van der Waals surface area contributed by atoms with E-state index in [1.165, 1.54) is 6.07 Å². The van der Waals surface area contributed by atoms with Gasteiger partial charge in [-0.3, -0.25) is 14.4 Å². The van der Waals surface area contributed by atoms with E-state index in [0.29, 0.717) is 12.8 Å². The number of aromatic hydroxyl groups is 1. The zero-order valence-electron chi connectivity index (χ0n) is 15.7. The minimum Gasteiger partial charge on any atom is -0.508 e. The third kappa shape index (κ3) is 2.38. The van der Waals surface area contributed by atoms with Crippen LogP contribution in [0.15, 0.2) is 29.0 Å². The molecule has 0 radical (unpaired) electrons. The van der Waals surface area contributed by atoms with Crippen LogP contribution in [0, 0.1) is 11.8 Å². The molecule has 3 aliphatic rings. The number of primary amides is 1. The number of aliphatic hydroxyl groups excluding tert-OH is 2. The van der Waals surface area contributed by atoms with E-state index >= 15 is 0 Å². The molecule has 3 aliphatic carbocycles. The Morgan fingerprint density at radius 3 is 2.52 bits per heavy atom. The van der Waals surface area contributed by atoms with E-state index in [1.54, 1.807) is 6.07 Å². The number of aryl methyl sites for hydroxylation is 1. The zero-order chi connectivity index (χ0) is 21.2. The molecule has 0 aliphatic heterocycles. The first-order chi connectivity index (χ1) is 13.6. The zero-order valence-corrected chi connectivity index (χ0v) is 15.7. The smallest absolute Gasteiger partial charge is 0.255 e. The van der Waals surface area contributed by atoms with Crippen molar-refractivity contribution in [1.82, 2.24) is 0 Å². The van der Waals surface area contributed by atoms with E-state index in [4.69, 9.17) is 5.73 Å². The number of nitrogens with two attached hydrogens (primary N) is 1. The predicted molar refractivity (Wildman–Crippen MR) is 101 cm³/mol. The highest BCUT2D eigenvalue weighted by Crippen LogP contribution is 2.52. The second-order valence-electron chi connectivity index (χ2n) is 7.86. The SMILES string of the molecule is CCc1ccc(O)c2c1C[C@H]1C[C@H]3CC(=O)C(C(N)=O)=C(O)[C@@]3(O)C(=O)C1=C2O. The fourth-order valence-electron chi connectivity index (χ4n) is 5.02. The second kappa shape index (κ2) is 6.18. The number of phenolic OH excluding ortho intramolecular Hbond substituents is 1. The summed E-state index contributed by atoms with van der Waals surface area (Å²) in [4.78, 5) is 37.2. The minimum absolute atomic E-state index is 0.121. The van der Waals surface area contributed by atoms with Crippen molar-refractivity contribution in [3.8, 4) is 5.75 Å². The van der Waals surface area contributed by atoms with Crippen LogP contribution >= 0.6 is 0 Å². The van der Waals surface area contributed by atoms with Crippen molar-refractivity contribution in [3.05, 3.63) is 45.7 Å². The molecule has 8 heteroatoms. The van der Waals surface area contributed by atoms with Gasteiger partial charge in [0.05, 0.1) is 5.56 Å². The summed E-state index contributed by atoms with van der Waals surface area (Å²) in [7, 11) is 0. The summed E-state index contributed by atoms with van der Waals surface area (Å²) >= 11 is 0. The number of carbonyl (C=O) groups is 3. The molecule has 8 nitrogen and oxygen atoms in total. The van der Waals surface area contributed by atoms with Gasteiger partial charge in [-0.25, -0.2) is 0 Å². The molecule has 6 N–H and O–H groups in total. The topological polar surface area (TPSA) is 158 Å². The number of rotatable bonds is 2. The van der Waals surface area contributed by atoms with Crippen LogP contribution in [-0.4, -0.2) is 43.5 Å². The van der Waals surface area contributed by atoms with Gasteiger partial charge in [-0.05, 0) is 42.4 Å². The number of hydrogen-bond acceptors (Lipinski definition) is 7. The van der Waals surface area contributed by atoms with Crippen LogP contribution < -0.4 is 5.73 Å². The van der Waals surface area contributed by atoms with Crippen molar-refractivity contribution < 1.29 is 34.8 Å². The van der Waals surface area contributed by atoms with Gasteiger partial charge < -0.3 is 26.2 Å². The Hall–Kier alpha value is -3.13. The van der Waals surface area contributed by atoms with Gasteiger partial charge >= 0.3 is 0 Å². The summed E-state index contributed by atoms with van der Waals surface area (Å²) < 4.78 is 0. The summed E-state index contributed by atoms with van der Waals surface area (Å²) in [5.41, 5.74) is 3.49. The maximum atomic E-state index is 13.3. The predicted octanol–water partition coefficient (Wildman–Crippen LogP) is 0.986. The molecule has 3 atom stereocenters. The Morgan fingerprint density at radius 2 is 1.90 bits per heavy atom. The summed E-state index contributed by atoms with van der Waals surface area (Å²) in [5.74, 6) is -6.09. The number of phenols is 1. The Labute approximate surface area is 166 Å². The third-order valence-corrected chi connectivity index (χ3v) is 6.43. The van der Waals surface area contributed by atoms with E-state index < -0.39 is 52.0 Å². The highest BCUT2D eigenvalue weighted by atomic mass is 16.3. The number of amides is 1. The molecule has 1 saturated carbocycles. The van der Waals surface area contributed by atoms with E-state index in [-0.39, 0.29) is 29.7 Å². The molecular formula is C21H21NO7. The highest BCUT2D eigenvalue weighted by molar-refractivity contribution is 6.22. The van der Waals surface area contributed by atoms with Crippen LogP contribution in [0.3, 0.4) is 0 Å². The molecule has 1 aromatic rings. The maximum absolute atomic E-state index is 13.3. The van der Waals surface area contributed by atoms with Crippen LogP contribution in [0.5, 0.6) is 5.75 Å². The van der Waals surface area contributed by atoms with E-state index in [1.807, 2.05) is 6.92 Å². The quantitative estimate of drug-likeness (QED) is 0.464. The van der Waals surface area contributed by atoms with E-state index in [9.17, 15) is 34.8 Å². The molecule has 1 fully saturated rings. The molecule has 0 unspecified atom stereocenters. The largest absolute Gasteiger partial charge is 0.508 e. The number of fused-ring (bicyclic) bond motifs is 3. The van der Waals surface area contributed by atoms with Gasteiger partial charge in [-0.15, -0.1) is 0 Å². The van der Waals surface area contributed by atoms with Crippen molar-refractivity contribution >= 4 is 23.2 Å². The van der Waals surface area contributed by atoms with Crippen molar-refractivity contribution in [2.75, 3.05) is 0 Å². The third-order valence-electron chi connectivity index (χ3n) is 6.43. The summed E-state index contributed by atoms with van der Waals surface area (Å²) in [5, 5.41) is 42.8. The van der Waals surface area contributed by atoms with Crippen molar-refractivity contribution in [2.45, 2.75) is 38.2 Å². The highest BCUT2D eigenvalue weighted by Gasteiger charge is 2.60. The monoisotopic (exact) mass is 399 g/mol. The molecule has 1 amide bonds. The first kappa shape index (κ1) is 19.2. The lowest BCUT2D eigenvalue weighted by molar-refractivity contribution is -0.147. The van der Waals surface area contributed by atoms with Crippen LogP contribution in [0.25, 0.3) is 5.76 Å². The lowest BCUT2D eigenvalue weighted by Gasteiger charge is -2.46. The van der Waals surface area contributed by atoms with Gasteiger partial charge in [0, 0.05) is 17.9 Å². The van der Waals surface area contributed by atoms with Crippen molar-refractivity contribution in [3.63, 3.8) is 0 Å². The van der Waals surface area contributed by atoms with Gasteiger partial charge in [0.15, 0.2) is 11.4 Å². The number of Topliss-reactive ketones (excluding diaryl/α,β-unsaturated/α-hetero) is 2. The molecule has 0 heterocycles. The maximum Gasteiger partial charge on any atom is 0.255 e. The molecule has 0 spiro atoms. The average Bonchev–Trinajstić information content (AvgIpc) is 2.64. The number of benzene rings is 1. The fourth-order valence-corrected chi connectivity index (χ4v) is 5.02. The van der Waals surface area contributed by atoms with Crippen LogP contribution in [0.1, 0.15) is 36.5 Å². The van der Waals surface area contributed by atoms with E-state index in [0.717, 1.165) is 11.1 Å². The average molecular weight is 399 g/mol. The Morgan fingerprint density at radius 1 is 1.21 bits per heavy atom. The lowest BCUT2D eigenvalue weighted by Crippen LogP contribution is -2.58. The molecule has 4 rings (SSSR count). The number of carbonyl (C=O) groups excluding carboxylic acids is 3. The van der Waals surface area contributed by atoms with Gasteiger partial charge in [0.25, 0.3) is 5.91 Å². The fraction of sp³-hybridized carbons (Fsp3) is 0.381. The number of ketones is 2. The Kier molecular flexibility index (Phi) is 4.09. The molecule has 29 heavy (non-hydrogen) atoms. The lowest BCUT2D eigenvalue weighted by atomic mass is 9.59. The van der Waals surface area contributed by atoms with Crippen molar-refractivity contribution in [2.24, 2.45) is 17.6 Å². The van der Waals surface area contributed by atoms with Gasteiger partial charge in [-0.1, -0.05) is 13.0 Å². The Balaban J connectivity index is 1.94. The van der Waals surface area contributed by atoms with E-state index in [2.05, 4.69) is 0 Å². The molecule has 152 valence electrons. The first-order valence-electron chi connectivity index (χ1n) is 9.43. The number of hydrogen-bond donors (Lipinski definition) is 5. The number of aliphatic hydroxyl groups is 3. The van der Waals surface area contributed by atoms with Gasteiger partial charge in [-0.2, -0.15) is 0 Å². The van der Waals surface area contributed by atoms with Gasteiger partial charge in [0.1, 0.15) is 22.8 Å². The summed E-state index contributed by atoms with van der Waals surface area (Å²) in [6.45, 7) is 1.93. The molecule has 0 aromatic heterocycles. The van der Waals surface area contributed by atoms with Crippen molar-refractivity contribution in [1.29, 1.82) is 0 Å². The normalized spacial score (nSPS) is 28.8. The summed E-state index contributed by atoms with van der Waals surface area (Å²) in [6.07, 6.45) is 0.819. The summed E-state index contributed by atoms with van der Waals surface area (Å²) in [6, 6.07) is 3.19. The molecular weight excluding hydrogens is 378 g/mol. The van der Waals surface area contributed by atoms with Gasteiger partial charge in [0.2, 0.25) is 5.78 Å². The van der Waals surface area contributed by atoms with Crippen LogP contribution in [0.2, 0.25) is 0 Å².